The van der Waals surface area contributed by atoms with Crippen LogP contribution in [0.3, 0.4) is 0 Å². The minimum absolute atomic E-state index is 0. The third-order valence-corrected chi connectivity index (χ3v) is 7.31. The number of aromatic amines is 1. The maximum absolute atomic E-state index is 6.15. The second-order valence-corrected chi connectivity index (χ2v) is 11.3. The number of benzene rings is 1. The number of H-pyrrole nitrogens is 1. The summed E-state index contributed by atoms with van der Waals surface area (Å²) in [5, 5.41) is 1.91. The van der Waals surface area contributed by atoms with Gasteiger partial charge in [-0.1, -0.05) is 59.6 Å². The Kier molecular flexibility index (Phi) is 15.0. The third-order valence-electron chi connectivity index (χ3n) is 6.67. The van der Waals surface area contributed by atoms with Crippen LogP contribution in [0.1, 0.15) is 0 Å². The van der Waals surface area contributed by atoms with Gasteiger partial charge in [-0.2, -0.15) is 0 Å². The van der Waals surface area contributed by atoms with E-state index in [1.807, 2.05) is 97.1 Å². The van der Waals surface area contributed by atoms with Gasteiger partial charge in [0.05, 0.1) is 56.6 Å². The number of nitrogens with zero attached hydrogens (tertiary/aromatic N) is 7. The van der Waals surface area contributed by atoms with Crippen LogP contribution in [0.2, 0.25) is 10.0 Å². The van der Waals surface area contributed by atoms with Gasteiger partial charge in [0, 0.05) is 77.0 Å². The predicted molar refractivity (Wildman–Crippen MR) is 195 cm³/mol. The summed E-state index contributed by atoms with van der Waals surface area (Å²) in [7, 11) is 0. The molecule has 0 aliphatic heterocycles. The quantitative estimate of drug-likeness (QED) is 0.169. The van der Waals surface area contributed by atoms with E-state index in [0.29, 0.717) is 15.2 Å². The van der Waals surface area contributed by atoms with Crippen LogP contribution in [-0.2, 0) is 42.1 Å². The molecule has 254 valence electrons. The second kappa shape index (κ2) is 19.3. The average Bonchev–Trinajstić information content (AvgIpc) is 3.53. The van der Waals surface area contributed by atoms with E-state index in [4.69, 9.17) is 23.2 Å². The maximum atomic E-state index is 6.15. The SMILES string of the molecule is Clc1cc(-c2ccccn2)nc(-c2ccccn2)c1.Clc1cc(-c2ccccn2)nc(-c2ccccn2)c1.Sc1nc2ccccc2[nH]1.[Pt].[Pt]. The van der Waals surface area contributed by atoms with Crippen molar-refractivity contribution in [3.05, 3.63) is 156 Å². The van der Waals surface area contributed by atoms with Crippen molar-refractivity contribution >= 4 is 46.9 Å². The molecule has 0 unspecified atom stereocenters. The molecule has 7 heterocycles. The molecule has 0 bridgehead atoms. The Balaban J connectivity index is 0.000000173. The van der Waals surface area contributed by atoms with Crippen LogP contribution in [0.25, 0.3) is 56.6 Å². The van der Waals surface area contributed by atoms with Gasteiger partial charge in [0.1, 0.15) is 0 Å². The molecule has 0 fully saturated rings. The van der Waals surface area contributed by atoms with Crippen molar-refractivity contribution in [2.24, 2.45) is 0 Å². The molecule has 0 saturated heterocycles. The molecule has 0 aliphatic rings. The Morgan fingerprint density at radius 3 is 1.08 bits per heavy atom. The first-order chi connectivity index (χ1) is 23.5. The zero-order chi connectivity index (χ0) is 33.1. The summed E-state index contributed by atoms with van der Waals surface area (Å²) in [4.78, 5) is 33.4. The molecule has 0 aliphatic carbocycles. The maximum Gasteiger partial charge on any atom is 0.163 e. The number of imidazole rings is 1. The first-order valence-electron chi connectivity index (χ1n) is 14.7. The fourth-order valence-electron chi connectivity index (χ4n) is 4.52. The number of hydrogen-bond acceptors (Lipinski definition) is 8. The molecule has 7 aromatic heterocycles. The van der Waals surface area contributed by atoms with Crippen LogP contribution in [0.4, 0.5) is 0 Å². The fraction of sp³-hybridized carbons (Fsp3) is 0. The van der Waals surface area contributed by atoms with Gasteiger partial charge in [0.2, 0.25) is 0 Å². The minimum Gasteiger partial charge on any atom is -0.333 e. The Bertz CT molecular complexity index is 1960. The number of para-hydroxylation sites is 2. The minimum atomic E-state index is 0. The van der Waals surface area contributed by atoms with Gasteiger partial charge in [-0.05, 0) is 84.9 Å². The molecule has 8 aromatic rings. The van der Waals surface area contributed by atoms with Crippen LogP contribution >= 0.6 is 35.8 Å². The molecule has 8 rings (SSSR count). The number of fused-ring (bicyclic) bond motifs is 1. The smallest absolute Gasteiger partial charge is 0.163 e. The van der Waals surface area contributed by atoms with E-state index in [-0.39, 0.29) is 42.1 Å². The van der Waals surface area contributed by atoms with Crippen molar-refractivity contribution in [1.82, 2.24) is 39.9 Å². The summed E-state index contributed by atoms with van der Waals surface area (Å²) >= 11 is 16.4. The van der Waals surface area contributed by atoms with Crippen LogP contribution in [0.5, 0.6) is 0 Å². The Morgan fingerprint density at radius 1 is 0.420 bits per heavy atom. The number of aromatic nitrogens is 8. The molecule has 1 aromatic carbocycles. The van der Waals surface area contributed by atoms with Crippen molar-refractivity contribution in [1.29, 1.82) is 0 Å². The van der Waals surface area contributed by atoms with Crippen molar-refractivity contribution in [3.8, 4) is 45.6 Å². The molecule has 50 heavy (non-hydrogen) atoms. The number of halogens is 2. The van der Waals surface area contributed by atoms with E-state index in [1.54, 1.807) is 49.1 Å². The van der Waals surface area contributed by atoms with Crippen LogP contribution in [-0.4, -0.2) is 39.9 Å². The van der Waals surface area contributed by atoms with Crippen molar-refractivity contribution in [3.63, 3.8) is 0 Å². The molecule has 1 N–H and O–H groups in total. The first kappa shape index (κ1) is 38.7. The molecule has 13 heteroatoms. The van der Waals surface area contributed by atoms with Gasteiger partial charge >= 0.3 is 0 Å². The summed E-state index contributed by atoms with van der Waals surface area (Å²) in [6.45, 7) is 0. The molecule has 0 amide bonds. The van der Waals surface area contributed by atoms with Gasteiger partial charge in [0.25, 0.3) is 0 Å². The molecule has 0 spiro atoms. The van der Waals surface area contributed by atoms with E-state index in [9.17, 15) is 0 Å². The van der Waals surface area contributed by atoms with Crippen LogP contribution < -0.4 is 0 Å². The summed E-state index contributed by atoms with van der Waals surface area (Å²) in [6.07, 6.45) is 6.94. The summed E-state index contributed by atoms with van der Waals surface area (Å²) in [6, 6.07) is 37.8. The Hall–Kier alpha value is -4.10. The Morgan fingerprint density at radius 2 is 0.760 bits per heavy atom. The summed E-state index contributed by atoms with van der Waals surface area (Å²) < 4.78 is 0. The molecule has 0 saturated carbocycles. The predicted octanol–water partition coefficient (Wildman–Crippen LogP) is 9.56. The fourth-order valence-corrected chi connectivity index (χ4v) is 5.16. The first-order valence-corrected chi connectivity index (χ1v) is 15.9. The van der Waals surface area contributed by atoms with Crippen LogP contribution in [0.15, 0.2) is 151 Å². The number of nitrogens with one attached hydrogen (secondary N) is 1. The van der Waals surface area contributed by atoms with Gasteiger partial charge in [-0.3, -0.25) is 19.9 Å². The average molecular weight is 1080 g/mol. The number of hydrogen-bond donors (Lipinski definition) is 2. The van der Waals surface area contributed by atoms with Crippen molar-refractivity contribution in [2.75, 3.05) is 0 Å². The molecular formula is C37H26Cl2N8Pt2S. The van der Waals surface area contributed by atoms with Crippen molar-refractivity contribution in [2.45, 2.75) is 5.16 Å². The topological polar surface area (TPSA) is 106 Å². The zero-order valence-electron chi connectivity index (χ0n) is 25.8. The van der Waals surface area contributed by atoms with E-state index >= 15 is 0 Å². The van der Waals surface area contributed by atoms with E-state index in [1.165, 1.54) is 0 Å². The standard InChI is InChI=1S/2C15H10ClN3.C7H6N2S.2Pt/c2*16-11-9-14(12-5-1-3-7-17-12)19-15(10-11)13-6-2-4-8-18-13;10-7-8-5-3-1-2-4-6(5)9-7;;/h2*1-10H;1-4H,(H2,8,9,10);;. The molecule has 8 nitrogen and oxygen atoms in total. The van der Waals surface area contributed by atoms with E-state index in [0.717, 1.165) is 56.6 Å². The third kappa shape index (κ3) is 10.7. The van der Waals surface area contributed by atoms with Gasteiger partial charge in [-0.15, -0.1) is 12.6 Å². The van der Waals surface area contributed by atoms with Gasteiger partial charge in [-0.25, -0.2) is 15.0 Å². The largest absolute Gasteiger partial charge is 0.333 e. The van der Waals surface area contributed by atoms with E-state index < -0.39 is 0 Å². The molecule has 0 radical (unpaired) electrons. The molecular weight excluding hydrogens is 1050 g/mol. The normalized spacial score (nSPS) is 9.98. The summed E-state index contributed by atoms with van der Waals surface area (Å²) in [5.74, 6) is 0. The van der Waals surface area contributed by atoms with Gasteiger partial charge in [0.15, 0.2) is 5.16 Å². The zero-order valence-corrected chi connectivity index (χ0v) is 32.8. The Labute approximate surface area is 333 Å². The van der Waals surface area contributed by atoms with Crippen molar-refractivity contribution < 1.29 is 42.1 Å². The summed E-state index contributed by atoms with van der Waals surface area (Å²) in [5.41, 5.74) is 8.15. The second-order valence-electron chi connectivity index (χ2n) is 10.0. The van der Waals surface area contributed by atoms with Gasteiger partial charge < -0.3 is 4.98 Å². The monoisotopic (exact) mass is 1070 g/mol. The van der Waals surface area contributed by atoms with Crippen LogP contribution in [0, 0.1) is 0 Å². The number of thiol groups is 1. The van der Waals surface area contributed by atoms with E-state index in [2.05, 4.69) is 52.5 Å². The number of pyridine rings is 6. The number of rotatable bonds is 4. The molecule has 0 atom stereocenters.